The van der Waals surface area contributed by atoms with Crippen molar-refractivity contribution in [1.82, 2.24) is 10.6 Å². The van der Waals surface area contributed by atoms with Crippen molar-refractivity contribution in [2.45, 2.75) is 32.7 Å². The Morgan fingerprint density at radius 1 is 1.07 bits per heavy atom. The molecular weight excluding hydrogens is 481 g/mol. The maximum atomic E-state index is 10.2. The van der Waals surface area contributed by atoms with Gasteiger partial charge in [0.15, 0.2) is 17.5 Å². The Hall–Kier alpha value is -2.16. The molecular formula is C22H32IN3O3. The summed E-state index contributed by atoms with van der Waals surface area (Å²) in [5.74, 6) is 2.61. The van der Waals surface area contributed by atoms with Gasteiger partial charge in [-0.15, -0.1) is 24.0 Å². The van der Waals surface area contributed by atoms with E-state index in [2.05, 4.69) is 34.7 Å². The number of hydrogen-bond acceptors (Lipinski definition) is 4. The Morgan fingerprint density at radius 2 is 1.79 bits per heavy atom. The molecule has 160 valence electrons. The van der Waals surface area contributed by atoms with E-state index in [0.29, 0.717) is 18.2 Å². The SMILES string of the molecule is CCNC(=NCc1cccc(OC)c1O)NCCC(C)c1ccc(OC)cc1.I. The van der Waals surface area contributed by atoms with Gasteiger partial charge in [0.1, 0.15) is 5.75 Å². The van der Waals surface area contributed by atoms with Gasteiger partial charge >= 0.3 is 0 Å². The monoisotopic (exact) mass is 513 g/mol. The van der Waals surface area contributed by atoms with Gasteiger partial charge < -0.3 is 25.2 Å². The Morgan fingerprint density at radius 3 is 2.41 bits per heavy atom. The van der Waals surface area contributed by atoms with Crippen molar-refractivity contribution in [1.29, 1.82) is 0 Å². The molecule has 0 heterocycles. The number of para-hydroxylation sites is 1. The Kier molecular flexibility index (Phi) is 11.3. The number of nitrogens with one attached hydrogen (secondary N) is 2. The quantitative estimate of drug-likeness (QED) is 0.265. The molecule has 29 heavy (non-hydrogen) atoms. The zero-order chi connectivity index (χ0) is 20.4. The van der Waals surface area contributed by atoms with Gasteiger partial charge in [0.05, 0.1) is 20.8 Å². The topological polar surface area (TPSA) is 75.1 Å². The van der Waals surface area contributed by atoms with Crippen molar-refractivity contribution in [3.05, 3.63) is 53.6 Å². The lowest BCUT2D eigenvalue weighted by molar-refractivity contribution is 0.370. The molecule has 0 saturated heterocycles. The van der Waals surface area contributed by atoms with E-state index in [9.17, 15) is 5.11 Å². The predicted octanol–water partition coefficient (Wildman–Crippen LogP) is 4.28. The van der Waals surface area contributed by atoms with Crippen molar-refractivity contribution in [2.24, 2.45) is 4.99 Å². The van der Waals surface area contributed by atoms with Crippen LogP contribution >= 0.6 is 24.0 Å². The number of aliphatic imine (C=N–C) groups is 1. The number of rotatable bonds is 9. The average Bonchev–Trinajstić information content (AvgIpc) is 2.72. The minimum Gasteiger partial charge on any atom is -0.504 e. The molecule has 0 fully saturated rings. The lowest BCUT2D eigenvalue weighted by atomic mass is 9.98. The molecule has 0 aliphatic heterocycles. The molecule has 2 rings (SSSR count). The minimum absolute atomic E-state index is 0. The highest BCUT2D eigenvalue weighted by atomic mass is 127. The van der Waals surface area contributed by atoms with Gasteiger partial charge in [-0.25, -0.2) is 4.99 Å². The number of hydrogen-bond donors (Lipinski definition) is 3. The van der Waals surface area contributed by atoms with Gasteiger partial charge in [-0.3, -0.25) is 0 Å². The summed E-state index contributed by atoms with van der Waals surface area (Å²) >= 11 is 0. The van der Waals surface area contributed by atoms with Crippen molar-refractivity contribution < 1.29 is 14.6 Å². The molecule has 0 aliphatic carbocycles. The van der Waals surface area contributed by atoms with Crippen molar-refractivity contribution in [2.75, 3.05) is 27.3 Å². The fourth-order valence-corrected chi connectivity index (χ4v) is 2.87. The minimum atomic E-state index is 0. The smallest absolute Gasteiger partial charge is 0.191 e. The van der Waals surface area contributed by atoms with Gasteiger partial charge in [-0.1, -0.05) is 31.2 Å². The summed E-state index contributed by atoms with van der Waals surface area (Å²) in [7, 11) is 3.22. The fraction of sp³-hybridized carbons (Fsp3) is 0.409. The summed E-state index contributed by atoms with van der Waals surface area (Å²) in [5, 5.41) is 16.8. The summed E-state index contributed by atoms with van der Waals surface area (Å²) in [6.07, 6.45) is 0.973. The van der Waals surface area contributed by atoms with Crippen LogP contribution in [-0.2, 0) is 6.54 Å². The Balaban J connectivity index is 0.00000420. The molecule has 0 aromatic heterocycles. The van der Waals surface area contributed by atoms with E-state index in [1.54, 1.807) is 13.2 Å². The van der Waals surface area contributed by atoms with E-state index in [-0.39, 0.29) is 29.7 Å². The highest BCUT2D eigenvalue weighted by molar-refractivity contribution is 14.0. The van der Waals surface area contributed by atoms with Gasteiger partial charge in [0.25, 0.3) is 0 Å². The number of phenols is 1. The zero-order valence-corrected chi connectivity index (χ0v) is 19.9. The Bertz CT molecular complexity index is 766. The van der Waals surface area contributed by atoms with Crippen LogP contribution in [0.2, 0.25) is 0 Å². The first kappa shape index (κ1) is 24.9. The lowest BCUT2D eigenvalue weighted by Crippen LogP contribution is -2.38. The first-order valence-corrected chi connectivity index (χ1v) is 9.60. The van der Waals surface area contributed by atoms with Crippen molar-refractivity contribution in [3.63, 3.8) is 0 Å². The second kappa shape index (κ2) is 13.1. The van der Waals surface area contributed by atoms with Crippen LogP contribution < -0.4 is 20.1 Å². The molecule has 7 heteroatoms. The maximum absolute atomic E-state index is 10.2. The molecule has 0 bridgehead atoms. The molecule has 2 aromatic rings. The first-order chi connectivity index (χ1) is 13.6. The number of halogens is 1. The fourth-order valence-electron chi connectivity index (χ4n) is 2.87. The molecule has 2 aromatic carbocycles. The van der Waals surface area contributed by atoms with Crippen LogP contribution in [0.25, 0.3) is 0 Å². The first-order valence-electron chi connectivity index (χ1n) is 9.60. The van der Waals surface area contributed by atoms with Crippen LogP contribution in [0.3, 0.4) is 0 Å². The van der Waals surface area contributed by atoms with Crippen LogP contribution in [0.1, 0.15) is 37.3 Å². The van der Waals surface area contributed by atoms with Crippen LogP contribution in [0.5, 0.6) is 17.2 Å². The second-order valence-electron chi connectivity index (χ2n) is 6.55. The largest absolute Gasteiger partial charge is 0.504 e. The zero-order valence-electron chi connectivity index (χ0n) is 17.6. The molecule has 0 saturated carbocycles. The Labute approximate surface area is 190 Å². The van der Waals surface area contributed by atoms with E-state index < -0.39 is 0 Å². The number of ether oxygens (including phenoxy) is 2. The average molecular weight is 513 g/mol. The summed E-state index contributed by atoms with van der Waals surface area (Å²) < 4.78 is 10.4. The number of guanidine groups is 1. The predicted molar refractivity (Wildman–Crippen MR) is 129 cm³/mol. The van der Waals surface area contributed by atoms with E-state index in [0.717, 1.165) is 36.8 Å². The number of benzene rings is 2. The molecule has 0 aliphatic rings. The number of nitrogens with zero attached hydrogens (tertiary/aromatic N) is 1. The van der Waals surface area contributed by atoms with Gasteiger partial charge in [0, 0.05) is 18.7 Å². The van der Waals surface area contributed by atoms with Crippen LogP contribution in [-0.4, -0.2) is 38.4 Å². The van der Waals surface area contributed by atoms with Gasteiger partial charge in [0.2, 0.25) is 0 Å². The van der Waals surface area contributed by atoms with Crippen LogP contribution in [0, 0.1) is 0 Å². The lowest BCUT2D eigenvalue weighted by Gasteiger charge is -2.15. The van der Waals surface area contributed by atoms with Crippen LogP contribution in [0.15, 0.2) is 47.5 Å². The standard InChI is InChI=1S/C22H31N3O3.HI/c1-5-23-22(25-15-18-7-6-8-20(28-4)21(18)26)24-14-13-16(2)17-9-11-19(27-3)12-10-17;/h6-12,16,26H,5,13-15H2,1-4H3,(H2,23,24,25);1H. The van der Waals surface area contributed by atoms with E-state index in [1.165, 1.54) is 12.7 Å². The molecule has 1 atom stereocenters. The summed E-state index contributed by atoms with van der Waals surface area (Å²) in [5.41, 5.74) is 2.01. The summed E-state index contributed by atoms with van der Waals surface area (Å²) in [6.45, 7) is 6.17. The second-order valence-corrected chi connectivity index (χ2v) is 6.55. The van der Waals surface area contributed by atoms with Crippen molar-refractivity contribution >= 4 is 29.9 Å². The highest BCUT2D eigenvalue weighted by Crippen LogP contribution is 2.29. The summed E-state index contributed by atoms with van der Waals surface area (Å²) in [4.78, 5) is 4.57. The number of aromatic hydroxyl groups is 1. The third kappa shape index (κ3) is 7.64. The van der Waals surface area contributed by atoms with Crippen molar-refractivity contribution in [3.8, 4) is 17.2 Å². The van der Waals surface area contributed by atoms with E-state index >= 15 is 0 Å². The number of methoxy groups -OCH3 is 2. The maximum Gasteiger partial charge on any atom is 0.191 e. The van der Waals surface area contributed by atoms with Gasteiger partial charge in [-0.05, 0) is 43.0 Å². The highest BCUT2D eigenvalue weighted by Gasteiger charge is 2.08. The summed E-state index contributed by atoms with van der Waals surface area (Å²) in [6, 6.07) is 13.6. The normalized spacial score (nSPS) is 11.9. The van der Waals surface area contributed by atoms with E-state index in [4.69, 9.17) is 9.47 Å². The molecule has 1 unspecified atom stereocenters. The van der Waals surface area contributed by atoms with E-state index in [1.807, 2.05) is 31.2 Å². The third-order valence-electron chi connectivity index (χ3n) is 4.61. The number of phenolic OH excluding ortho intramolecular Hbond substituents is 1. The molecule has 6 nitrogen and oxygen atoms in total. The third-order valence-corrected chi connectivity index (χ3v) is 4.61. The molecule has 0 radical (unpaired) electrons. The van der Waals surface area contributed by atoms with Crippen LogP contribution in [0.4, 0.5) is 0 Å². The van der Waals surface area contributed by atoms with Gasteiger partial charge in [-0.2, -0.15) is 0 Å². The molecule has 3 N–H and O–H groups in total. The molecule has 0 amide bonds. The molecule has 0 spiro atoms.